The zero-order chi connectivity index (χ0) is 7.68. The average molecular weight is 156 g/mol. The molecular formula is C7H12N2O2. The summed E-state index contributed by atoms with van der Waals surface area (Å²) in [6.45, 7) is 1.04. The molecule has 4 heteroatoms. The molecule has 2 aliphatic rings. The predicted octanol–water partition coefficient (Wildman–Crippen LogP) is -0.525. The highest BCUT2D eigenvalue weighted by Gasteiger charge is 2.25. The summed E-state index contributed by atoms with van der Waals surface area (Å²) < 4.78 is 0. The van der Waals surface area contributed by atoms with Crippen molar-refractivity contribution < 1.29 is 9.94 Å². The van der Waals surface area contributed by atoms with Crippen molar-refractivity contribution in [2.24, 2.45) is 0 Å². The third-order valence-electron chi connectivity index (χ3n) is 2.02. The lowest BCUT2D eigenvalue weighted by Crippen LogP contribution is -2.25. The summed E-state index contributed by atoms with van der Waals surface area (Å²) in [6.07, 6.45) is 3.34. The van der Waals surface area contributed by atoms with Gasteiger partial charge in [-0.1, -0.05) is 0 Å². The molecule has 1 fully saturated rings. The Bertz CT molecular complexity index is 175. The fourth-order valence-corrected chi connectivity index (χ4v) is 1.47. The van der Waals surface area contributed by atoms with Crippen LogP contribution in [0.5, 0.6) is 0 Å². The van der Waals surface area contributed by atoms with Crippen LogP contribution in [0.3, 0.4) is 0 Å². The van der Waals surface area contributed by atoms with E-state index in [1.54, 1.807) is 6.08 Å². The molecule has 3 N–H and O–H groups in total. The molecule has 0 aliphatic carbocycles. The molecule has 2 atom stereocenters. The largest absolute Gasteiger partial charge is 0.409 e. The number of hydrogen-bond acceptors (Lipinski definition) is 4. The first-order valence-electron chi connectivity index (χ1n) is 3.92. The Hall–Kier alpha value is -0.580. The van der Waals surface area contributed by atoms with E-state index in [1.165, 1.54) is 6.42 Å². The zero-order valence-corrected chi connectivity index (χ0v) is 6.21. The molecule has 0 radical (unpaired) electrons. The summed E-state index contributed by atoms with van der Waals surface area (Å²) in [5, 5.41) is 12.3. The first-order chi connectivity index (χ1) is 5.36. The molecule has 0 aromatic carbocycles. The molecule has 0 amide bonds. The van der Waals surface area contributed by atoms with Gasteiger partial charge in [-0.2, -0.15) is 0 Å². The molecule has 2 unspecified atom stereocenters. The van der Waals surface area contributed by atoms with Crippen molar-refractivity contribution in [2.45, 2.75) is 25.1 Å². The molecule has 0 aromatic heterocycles. The van der Waals surface area contributed by atoms with E-state index in [0.29, 0.717) is 6.04 Å². The normalized spacial score (nSPS) is 37.0. The summed E-state index contributed by atoms with van der Waals surface area (Å²) in [4.78, 5) is 5.05. The quantitative estimate of drug-likeness (QED) is 0.478. The molecule has 1 saturated heterocycles. The van der Waals surface area contributed by atoms with E-state index in [4.69, 9.17) is 9.94 Å². The first kappa shape index (κ1) is 7.09. The minimum Gasteiger partial charge on any atom is -0.409 e. The van der Waals surface area contributed by atoms with E-state index in [2.05, 4.69) is 10.8 Å². The van der Waals surface area contributed by atoms with Crippen LogP contribution < -0.4 is 10.8 Å². The highest BCUT2D eigenvalue weighted by Crippen LogP contribution is 2.17. The molecule has 0 aromatic rings. The van der Waals surface area contributed by atoms with Crippen molar-refractivity contribution in [3.05, 3.63) is 11.8 Å². The number of hydroxylamine groups is 1. The summed E-state index contributed by atoms with van der Waals surface area (Å²) in [6, 6.07) is 0.305. The third kappa shape index (κ3) is 1.38. The van der Waals surface area contributed by atoms with E-state index in [1.807, 2.05) is 0 Å². The van der Waals surface area contributed by atoms with Crippen LogP contribution in [0.25, 0.3) is 0 Å². The van der Waals surface area contributed by atoms with E-state index in [0.717, 1.165) is 18.7 Å². The van der Waals surface area contributed by atoms with Gasteiger partial charge < -0.3 is 15.3 Å². The monoisotopic (exact) mass is 156 g/mol. The fraction of sp³-hybridized carbons (Fsp3) is 0.714. The Morgan fingerprint density at radius 2 is 2.55 bits per heavy atom. The molecule has 0 saturated carbocycles. The van der Waals surface area contributed by atoms with Gasteiger partial charge in [0.2, 0.25) is 0 Å². The van der Waals surface area contributed by atoms with Crippen molar-refractivity contribution in [3.63, 3.8) is 0 Å². The fourth-order valence-electron chi connectivity index (χ4n) is 1.47. The van der Waals surface area contributed by atoms with Gasteiger partial charge in [0.05, 0.1) is 6.04 Å². The van der Waals surface area contributed by atoms with Crippen molar-refractivity contribution >= 4 is 0 Å². The smallest absolute Gasteiger partial charge is 0.159 e. The van der Waals surface area contributed by atoms with Crippen LogP contribution in [0.2, 0.25) is 0 Å². The molecule has 0 bridgehead atoms. The summed E-state index contributed by atoms with van der Waals surface area (Å²) in [7, 11) is 0. The Morgan fingerprint density at radius 1 is 1.64 bits per heavy atom. The van der Waals surface area contributed by atoms with Gasteiger partial charge >= 0.3 is 0 Å². The Kier molecular flexibility index (Phi) is 1.81. The predicted molar refractivity (Wildman–Crippen MR) is 39.3 cm³/mol. The molecule has 2 rings (SSSR count). The van der Waals surface area contributed by atoms with Gasteiger partial charge in [0.25, 0.3) is 0 Å². The number of aliphatic hydroxyl groups excluding tert-OH is 1. The van der Waals surface area contributed by atoms with Crippen molar-refractivity contribution in [2.75, 3.05) is 6.54 Å². The third-order valence-corrected chi connectivity index (χ3v) is 2.02. The van der Waals surface area contributed by atoms with Gasteiger partial charge in [-0.25, -0.2) is 0 Å². The minimum atomic E-state index is -0.632. The van der Waals surface area contributed by atoms with Crippen molar-refractivity contribution in [3.8, 4) is 0 Å². The van der Waals surface area contributed by atoms with Crippen LogP contribution in [0, 0.1) is 0 Å². The lowest BCUT2D eigenvalue weighted by atomic mass is 10.2. The summed E-state index contributed by atoms with van der Waals surface area (Å²) in [5.74, 6) is 0.829. The molecule has 62 valence electrons. The second-order valence-corrected chi connectivity index (χ2v) is 2.88. The lowest BCUT2D eigenvalue weighted by molar-refractivity contribution is 0.0290. The summed E-state index contributed by atoms with van der Waals surface area (Å²) >= 11 is 0. The van der Waals surface area contributed by atoms with E-state index < -0.39 is 6.23 Å². The van der Waals surface area contributed by atoms with Crippen molar-refractivity contribution in [1.82, 2.24) is 10.8 Å². The number of rotatable bonds is 1. The minimum absolute atomic E-state index is 0.305. The van der Waals surface area contributed by atoms with Crippen LogP contribution in [0.4, 0.5) is 0 Å². The van der Waals surface area contributed by atoms with E-state index in [-0.39, 0.29) is 0 Å². The van der Waals surface area contributed by atoms with Gasteiger partial charge in [0, 0.05) is 6.08 Å². The maximum atomic E-state index is 9.02. The zero-order valence-electron chi connectivity index (χ0n) is 6.21. The second kappa shape index (κ2) is 2.81. The molecule has 11 heavy (non-hydrogen) atoms. The van der Waals surface area contributed by atoms with Crippen LogP contribution in [-0.2, 0) is 4.84 Å². The SMILES string of the molecule is OC1C=C(C2CCCN2)ON1. The van der Waals surface area contributed by atoms with Crippen LogP contribution in [0.15, 0.2) is 11.8 Å². The van der Waals surface area contributed by atoms with Crippen LogP contribution >= 0.6 is 0 Å². The molecule has 2 aliphatic heterocycles. The molecule has 2 heterocycles. The summed E-state index contributed by atoms with van der Waals surface area (Å²) in [5.41, 5.74) is 2.47. The van der Waals surface area contributed by atoms with Gasteiger partial charge in [0.1, 0.15) is 5.76 Å². The maximum Gasteiger partial charge on any atom is 0.159 e. The lowest BCUT2D eigenvalue weighted by Gasteiger charge is -2.09. The second-order valence-electron chi connectivity index (χ2n) is 2.88. The molecule has 0 spiro atoms. The highest BCUT2D eigenvalue weighted by molar-refractivity contribution is 5.09. The first-order valence-corrected chi connectivity index (χ1v) is 3.92. The van der Waals surface area contributed by atoms with Gasteiger partial charge in [-0.05, 0) is 19.4 Å². The van der Waals surface area contributed by atoms with Crippen molar-refractivity contribution in [1.29, 1.82) is 0 Å². The Balaban J connectivity index is 1.98. The standard InChI is InChI=1S/C7H12N2O2/c10-7-4-6(11-9-7)5-2-1-3-8-5/h4-5,7-10H,1-3H2. The molecule has 4 nitrogen and oxygen atoms in total. The molecular weight excluding hydrogens is 144 g/mol. The Labute approximate surface area is 65.2 Å². The maximum absolute atomic E-state index is 9.02. The van der Waals surface area contributed by atoms with Crippen LogP contribution in [-0.4, -0.2) is 23.9 Å². The average Bonchev–Trinajstić information content (AvgIpc) is 2.55. The highest BCUT2D eigenvalue weighted by atomic mass is 16.7. The van der Waals surface area contributed by atoms with Gasteiger partial charge in [-0.15, -0.1) is 5.48 Å². The Morgan fingerprint density at radius 3 is 3.09 bits per heavy atom. The van der Waals surface area contributed by atoms with Crippen LogP contribution in [0.1, 0.15) is 12.8 Å². The number of hydrogen-bond donors (Lipinski definition) is 3. The van der Waals surface area contributed by atoms with Gasteiger partial charge in [0.15, 0.2) is 6.23 Å². The number of aliphatic hydroxyl groups is 1. The topological polar surface area (TPSA) is 53.5 Å². The van der Waals surface area contributed by atoms with Gasteiger partial charge in [-0.3, -0.25) is 0 Å². The van der Waals surface area contributed by atoms with E-state index in [9.17, 15) is 0 Å². The number of nitrogens with one attached hydrogen (secondary N) is 2. The van der Waals surface area contributed by atoms with E-state index >= 15 is 0 Å².